The van der Waals surface area contributed by atoms with E-state index < -0.39 is 47.9 Å². The Morgan fingerprint density at radius 2 is 1.28 bits per heavy atom. The number of carboxylic acids is 1. The molecule has 3 aromatic carbocycles. The Hall–Kier alpha value is -5.16. The van der Waals surface area contributed by atoms with E-state index in [1.165, 1.54) is 12.1 Å². The fourth-order valence-corrected chi connectivity index (χ4v) is 5.28. The number of H-pyrrole nitrogens is 1. The molecular formula is C35H41N5O6. The molecule has 0 aliphatic rings. The molecule has 8 N–H and O–H groups in total. The van der Waals surface area contributed by atoms with E-state index in [1.807, 2.05) is 56.3 Å². The van der Waals surface area contributed by atoms with Crippen molar-refractivity contribution in [2.75, 3.05) is 0 Å². The molecule has 1 aromatic heterocycles. The molecule has 0 aliphatic carbocycles. The van der Waals surface area contributed by atoms with Gasteiger partial charge in [-0.1, -0.05) is 74.5 Å². The normalized spacial score (nSPS) is 13.8. The lowest BCUT2D eigenvalue weighted by Gasteiger charge is -2.26. The molecular weight excluding hydrogens is 586 g/mol. The summed E-state index contributed by atoms with van der Waals surface area (Å²) in [6.07, 6.45) is 2.34. The molecule has 0 radical (unpaired) electrons. The number of rotatable bonds is 15. The molecule has 4 aromatic rings. The minimum atomic E-state index is -1.17. The van der Waals surface area contributed by atoms with Gasteiger partial charge >= 0.3 is 5.97 Å². The van der Waals surface area contributed by atoms with Crippen LogP contribution in [0.15, 0.2) is 85.1 Å². The van der Waals surface area contributed by atoms with Crippen LogP contribution in [0.2, 0.25) is 0 Å². The number of carbonyl (C=O) groups excluding carboxylic acids is 3. The van der Waals surface area contributed by atoms with Crippen molar-refractivity contribution in [3.05, 3.63) is 102 Å². The summed E-state index contributed by atoms with van der Waals surface area (Å²) in [7, 11) is 0. The first kappa shape index (κ1) is 33.7. The van der Waals surface area contributed by atoms with Gasteiger partial charge in [-0.25, -0.2) is 4.79 Å². The average molecular weight is 628 g/mol. The van der Waals surface area contributed by atoms with E-state index in [0.29, 0.717) is 0 Å². The molecule has 242 valence electrons. The highest BCUT2D eigenvalue weighted by atomic mass is 16.4. The van der Waals surface area contributed by atoms with Crippen LogP contribution in [-0.2, 0) is 38.4 Å². The van der Waals surface area contributed by atoms with Crippen LogP contribution in [-0.4, -0.2) is 63.1 Å². The lowest BCUT2D eigenvalue weighted by Crippen LogP contribution is -2.58. The second kappa shape index (κ2) is 15.7. The second-order valence-electron chi connectivity index (χ2n) is 11.9. The number of hydrogen-bond acceptors (Lipinski definition) is 6. The fourth-order valence-electron chi connectivity index (χ4n) is 5.28. The number of aromatic nitrogens is 1. The number of aromatic amines is 1. The van der Waals surface area contributed by atoms with Crippen molar-refractivity contribution >= 4 is 34.6 Å². The first-order valence-corrected chi connectivity index (χ1v) is 15.3. The van der Waals surface area contributed by atoms with Crippen molar-refractivity contribution in [2.45, 2.75) is 63.7 Å². The summed E-state index contributed by atoms with van der Waals surface area (Å²) in [5.74, 6) is -2.91. The monoisotopic (exact) mass is 627 g/mol. The third-order valence-corrected chi connectivity index (χ3v) is 7.70. The molecule has 0 spiro atoms. The van der Waals surface area contributed by atoms with Gasteiger partial charge < -0.3 is 36.9 Å². The second-order valence-corrected chi connectivity index (χ2v) is 11.9. The van der Waals surface area contributed by atoms with Gasteiger partial charge in [0.1, 0.15) is 23.9 Å². The highest BCUT2D eigenvalue weighted by Crippen LogP contribution is 2.20. The van der Waals surface area contributed by atoms with Crippen LogP contribution in [0.3, 0.4) is 0 Å². The number of carbonyl (C=O) groups is 4. The number of phenols is 1. The molecule has 3 amide bonds. The summed E-state index contributed by atoms with van der Waals surface area (Å²) in [6, 6.07) is 18.6. The van der Waals surface area contributed by atoms with Crippen molar-refractivity contribution in [3.8, 4) is 5.75 Å². The Morgan fingerprint density at radius 1 is 0.717 bits per heavy atom. The van der Waals surface area contributed by atoms with Crippen molar-refractivity contribution < 1.29 is 29.4 Å². The fraction of sp³-hybridized carbons (Fsp3) is 0.314. The number of phenolic OH excluding ortho intramolecular Hbond substituents is 1. The predicted octanol–water partition coefficient (Wildman–Crippen LogP) is 2.81. The van der Waals surface area contributed by atoms with Gasteiger partial charge in [0, 0.05) is 29.9 Å². The molecule has 0 bridgehead atoms. The molecule has 1 heterocycles. The lowest BCUT2D eigenvalue weighted by molar-refractivity contribution is -0.142. The average Bonchev–Trinajstić information content (AvgIpc) is 3.44. The van der Waals surface area contributed by atoms with Crippen LogP contribution in [0.1, 0.15) is 37.0 Å². The van der Waals surface area contributed by atoms with E-state index in [1.54, 1.807) is 30.5 Å². The minimum Gasteiger partial charge on any atom is -0.508 e. The standard InChI is InChI=1S/C35H41N5O6/c1-21(2)16-31(35(45)46)40-33(43)29(18-22-8-4-3-5-9-22)39-34(44)30(19-24-20-37-28-11-7-6-10-26(24)28)38-32(42)27(36)17-23-12-14-25(41)15-13-23/h3-15,20-21,27,29-31,37,41H,16-19,36H2,1-2H3,(H,38,42)(H,39,44)(H,40,43)(H,45,46). The maximum Gasteiger partial charge on any atom is 0.326 e. The predicted molar refractivity (Wildman–Crippen MR) is 175 cm³/mol. The summed E-state index contributed by atoms with van der Waals surface area (Å²) in [5.41, 5.74) is 9.36. The number of aliphatic carboxylic acids is 1. The van der Waals surface area contributed by atoms with E-state index in [0.717, 1.165) is 27.6 Å². The summed E-state index contributed by atoms with van der Waals surface area (Å²) in [5, 5.41) is 28.3. The number of fused-ring (bicyclic) bond motifs is 1. The van der Waals surface area contributed by atoms with Crippen molar-refractivity contribution in [1.29, 1.82) is 0 Å². The van der Waals surface area contributed by atoms with Crippen molar-refractivity contribution in [2.24, 2.45) is 11.7 Å². The number of carboxylic acid groups (broad SMARTS) is 1. The van der Waals surface area contributed by atoms with E-state index in [4.69, 9.17) is 5.73 Å². The zero-order valence-corrected chi connectivity index (χ0v) is 25.9. The highest BCUT2D eigenvalue weighted by Gasteiger charge is 2.31. The highest BCUT2D eigenvalue weighted by molar-refractivity contribution is 5.95. The minimum absolute atomic E-state index is 0.00474. The third kappa shape index (κ3) is 9.42. The van der Waals surface area contributed by atoms with Gasteiger partial charge in [0.25, 0.3) is 0 Å². The molecule has 4 rings (SSSR count). The number of aromatic hydroxyl groups is 1. The van der Waals surface area contributed by atoms with E-state index in [-0.39, 0.29) is 37.4 Å². The Labute approximate surface area is 267 Å². The van der Waals surface area contributed by atoms with Crippen LogP contribution in [0, 0.1) is 5.92 Å². The van der Waals surface area contributed by atoms with Crippen molar-refractivity contribution in [1.82, 2.24) is 20.9 Å². The van der Waals surface area contributed by atoms with E-state index in [9.17, 15) is 29.4 Å². The van der Waals surface area contributed by atoms with Crippen LogP contribution in [0.25, 0.3) is 10.9 Å². The smallest absolute Gasteiger partial charge is 0.326 e. The molecule has 0 fully saturated rings. The maximum atomic E-state index is 14.0. The molecule has 0 saturated carbocycles. The van der Waals surface area contributed by atoms with E-state index >= 15 is 0 Å². The van der Waals surface area contributed by atoms with Gasteiger partial charge in [0.2, 0.25) is 17.7 Å². The molecule has 0 aliphatic heterocycles. The van der Waals surface area contributed by atoms with Crippen LogP contribution in [0.4, 0.5) is 0 Å². The quantitative estimate of drug-likeness (QED) is 0.106. The number of nitrogens with one attached hydrogen (secondary N) is 4. The maximum absolute atomic E-state index is 14.0. The first-order chi connectivity index (χ1) is 22.0. The molecule has 11 nitrogen and oxygen atoms in total. The Kier molecular flexibility index (Phi) is 11.5. The first-order valence-electron chi connectivity index (χ1n) is 15.3. The summed E-state index contributed by atoms with van der Waals surface area (Å²) in [4.78, 5) is 55.9. The summed E-state index contributed by atoms with van der Waals surface area (Å²) >= 11 is 0. The molecule has 4 unspecified atom stereocenters. The molecule has 4 atom stereocenters. The summed E-state index contributed by atoms with van der Waals surface area (Å²) < 4.78 is 0. The summed E-state index contributed by atoms with van der Waals surface area (Å²) in [6.45, 7) is 3.71. The molecule has 11 heteroatoms. The lowest BCUT2D eigenvalue weighted by atomic mass is 10.00. The van der Waals surface area contributed by atoms with Gasteiger partial charge in [-0.2, -0.15) is 0 Å². The van der Waals surface area contributed by atoms with E-state index in [2.05, 4.69) is 20.9 Å². The molecule has 0 saturated heterocycles. The van der Waals surface area contributed by atoms with Crippen LogP contribution in [0.5, 0.6) is 5.75 Å². The molecule has 46 heavy (non-hydrogen) atoms. The zero-order valence-electron chi connectivity index (χ0n) is 25.9. The largest absolute Gasteiger partial charge is 0.508 e. The van der Waals surface area contributed by atoms with Crippen molar-refractivity contribution in [3.63, 3.8) is 0 Å². The number of benzene rings is 3. The van der Waals surface area contributed by atoms with Gasteiger partial charge in [-0.05, 0) is 53.6 Å². The van der Waals surface area contributed by atoms with Gasteiger partial charge in [0.15, 0.2) is 0 Å². The van der Waals surface area contributed by atoms with Gasteiger partial charge in [-0.15, -0.1) is 0 Å². The Morgan fingerprint density at radius 3 is 1.93 bits per heavy atom. The Balaban J connectivity index is 1.59. The number of nitrogens with two attached hydrogens (primary N) is 1. The SMILES string of the molecule is CC(C)CC(NC(=O)C(Cc1ccccc1)NC(=O)C(Cc1c[nH]c2ccccc12)NC(=O)C(N)Cc1ccc(O)cc1)C(=O)O. The topological polar surface area (TPSA) is 187 Å². The third-order valence-electron chi connectivity index (χ3n) is 7.70. The zero-order chi connectivity index (χ0) is 33.2. The van der Waals surface area contributed by atoms with Crippen LogP contribution < -0.4 is 21.7 Å². The number of para-hydroxylation sites is 1. The number of hydrogen-bond donors (Lipinski definition) is 7. The van der Waals surface area contributed by atoms with Gasteiger partial charge in [0.05, 0.1) is 6.04 Å². The van der Waals surface area contributed by atoms with Crippen LogP contribution >= 0.6 is 0 Å². The Bertz CT molecular complexity index is 1640. The van der Waals surface area contributed by atoms with Gasteiger partial charge in [-0.3, -0.25) is 14.4 Å². The number of amides is 3.